The van der Waals surface area contributed by atoms with Crippen molar-refractivity contribution in [3.63, 3.8) is 0 Å². The number of likely N-dealkylation sites (tertiary alicyclic amines) is 1. The molecule has 0 aliphatic carbocycles. The van der Waals surface area contributed by atoms with E-state index in [4.69, 9.17) is 0 Å². The highest BCUT2D eigenvalue weighted by Crippen LogP contribution is 2.28. The summed E-state index contributed by atoms with van der Waals surface area (Å²) >= 11 is 1.40. The van der Waals surface area contributed by atoms with Gasteiger partial charge in [0.2, 0.25) is 5.91 Å². The van der Waals surface area contributed by atoms with Crippen molar-refractivity contribution in [3.05, 3.63) is 72.1 Å². The summed E-state index contributed by atoms with van der Waals surface area (Å²) in [5, 5.41) is 10.9. The van der Waals surface area contributed by atoms with Crippen LogP contribution in [0.4, 0.5) is 25.3 Å². The van der Waals surface area contributed by atoms with Gasteiger partial charge in [-0.15, -0.1) is 0 Å². The molecule has 1 saturated heterocycles. The molecule has 5 aromatic rings. The van der Waals surface area contributed by atoms with Crippen molar-refractivity contribution in [1.82, 2.24) is 33.4 Å². The van der Waals surface area contributed by atoms with Crippen LogP contribution in [0.3, 0.4) is 0 Å². The average molecular weight is 578 g/mol. The fraction of sp³-hybridized carbons (Fsp3) is 0.321. The number of benzene rings is 1. The number of nitrogens with one attached hydrogen (secondary N) is 2. The Hall–Kier alpha value is -4.23. The zero-order valence-corrected chi connectivity index (χ0v) is 23.5. The normalized spacial score (nSPS) is 15.9. The molecule has 1 atom stereocenters. The van der Waals surface area contributed by atoms with Gasteiger partial charge in [0.15, 0.2) is 11.5 Å². The van der Waals surface area contributed by atoms with Crippen molar-refractivity contribution in [2.75, 3.05) is 23.7 Å². The van der Waals surface area contributed by atoms with Crippen LogP contribution in [-0.2, 0) is 17.9 Å². The van der Waals surface area contributed by atoms with Gasteiger partial charge in [0.05, 0.1) is 35.2 Å². The minimum Gasteiger partial charge on any atom is -0.328 e. The molecule has 13 heteroatoms. The minimum absolute atomic E-state index is 0.176. The number of hydrogen-bond donors (Lipinski definition) is 2. The third-order valence-corrected chi connectivity index (χ3v) is 7.72. The van der Waals surface area contributed by atoms with Crippen LogP contribution < -0.4 is 10.6 Å². The van der Waals surface area contributed by atoms with Gasteiger partial charge in [0, 0.05) is 37.1 Å². The van der Waals surface area contributed by atoms with E-state index in [1.165, 1.54) is 29.1 Å². The number of fused-ring (bicyclic) bond motifs is 1. The van der Waals surface area contributed by atoms with Crippen LogP contribution in [0.2, 0.25) is 0 Å². The van der Waals surface area contributed by atoms with E-state index < -0.39 is 17.5 Å². The number of aromatic nitrogens is 6. The summed E-state index contributed by atoms with van der Waals surface area (Å²) < 4.78 is 35.3. The molecular formula is C28H29F2N9OS. The molecule has 1 amide bonds. The number of aryl methyl sites for hydroxylation is 1. The van der Waals surface area contributed by atoms with E-state index in [1.54, 1.807) is 18.6 Å². The molecule has 41 heavy (non-hydrogen) atoms. The topological polar surface area (TPSA) is 105 Å². The van der Waals surface area contributed by atoms with Gasteiger partial charge < -0.3 is 10.6 Å². The first-order valence-corrected chi connectivity index (χ1v) is 14.2. The highest BCUT2D eigenvalue weighted by Gasteiger charge is 2.19. The van der Waals surface area contributed by atoms with Crippen LogP contribution in [-0.4, -0.2) is 52.4 Å². The maximum atomic E-state index is 13.9. The Morgan fingerprint density at radius 1 is 1.20 bits per heavy atom. The summed E-state index contributed by atoms with van der Waals surface area (Å²) in [6.07, 6.45) is 9.44. The summed E-state index contributed by atoms with van der Waals surface area (Å²) in [5.41, 5.74) is 3.74. The molecule has 6 rings (SSSR count). The van der Waals surface area contributed by atoms with Gasteiger partial charge in [0.25, 0.3) is 0 Å². The van der Waals surface area contributed by atoms with Crippen molar-refractivity contribution in [2.24, 2.45) is 5.92 Å². The number of imidazole rings is 1. The Bertz CT molecular complexity index is 1710. The fourth-order valence-corrected chi connectivity index (χ4v) is 5.80. The second-order valence-electron chi connectivity index (χ2n) is 10.5. The first-order chi connectivity index (χ1) is 19.8. The zero-order valence-electron chi connectivity index (χ0n) is 22.6. The van der Waals surface area contributed by atoms with Crippen LogP contribution in [0.15, 0.2) is 49.1 Å². The smallest absolute Gasteiger partial charge is 0.246 e. The molecule has 0 radical (unpaired) electrons. The van der Waals surface area contributed by atoms with Crippen LogP contribution in [0.1, 0.15) is 31.2 Å². The summed E-state index contributed by atoms with van der Waals surface area (Å²) in [6.45, 7) is 7.07. The molecule has 1 aliphatic heterocycles. The molecular weight excluding hydrogens is 548 g/mol. The zero-order chi connectivity index (χ0) is 28.5. The lowest BCUT2D eigenvalue weighted by atomic mass is 10.0. The van der Waals surface area contributed by atoms with Gasteiger partial charge in [0.1, 0.15) is 23.2 Å². The lowest BCUT2D eigenvalue weighted by molar-refractivity contribution is -0.116. The van der Waals surface area contributed by atoms with E-state index in [0.717, 1.165) is 65.5 Å². The standard InChI is InChI=1S/C28H29F2N9OS/c1-17-4-3-7-37(12-17)15-21-9-26(41-36-21)35-27-28-31-11-24(39(28)13-18(2)33-27)19-10-32-38(14-19)16-25(40)34-23-8-20(29)5-6-22(23)30/h5-6,8-11,13-14,17H,3-4,7,12,15-16H2,1-2H3,(H,33,35)(H,34,40). The predicted molar refractivity (Wildman–Crippen MR) is 153 cm³/mol. The van der Waals surface area contributed by atoms with Gasteiger partial charge in [-0.3, -0.25) is 18.8 Å². The highest BCUT2D eigenvalue weighted by molar-refractivity contribution is 7.10. The molecule has 10 nitrogen and oxygen atoms in total. The van der Waals surface area contributed by atoms with E-state index >= 15 is 0 Å². The SMILES string of the molecule is Cc1cn2c(-c3cnn(CC(=O)Nc4cc(F)ccc4F)c3)cnc2c(Nc2cc(CN3CCCC(C)C3)ns2)n1. The average Bonchev–Trinajstić information content (AvgIpc) is 3.66. The fourth-order valence-electron chi connectivity index (χ4n) is 5.14. The van der Waals surface area contributed by atoms with Crippen molar-refractivity contribution in [1.29, 1.82) is 0 Å². The van der Waals surface area contributed by atoms with Crippen molar-refractivity contribution in [3.8, 4) is 11.3 Å². The van der Waals surface area contributed by atoms with Gasteiger partial charge in [-0.1, -0.05) is 6.92 Å². The maximum Gasteiger partial charge on any atom is 0.246 e. The molecule has 0 saturated carbocycles. The van der Waals surface area contributed by atoms with Crippen LogP contribution in [0.25, 0.3) is 16.9 Å². The van der Waals surface area contributed by atoms with Gasteiger partial charge >= 0.3 is 0 Å². The Balaban J connectivity index is 1.17. The number of nitrogens with zero attached hydrogens (tertiary/aromatic N) is 7. The van der Waals surface area contributed by atoms with E-state index in [2.05, 4.69) is 48.0 Å². The number of amides is 1. The predicted octanol–water partition coefficient (Wildman–Crippen LogP) is 5.25. The van der Waals surface area contributed by atoms with Crippen LogP contribution in [0, 0.1) is 24.5 Å². The number of carbonyl (C=O) groups is 1. The summed E-state index contributed by atoms with van der Waals surface area (Å²) in [4.78, 5) is 24.2. The van der Waals surface area contributed by atoms with Gasteiger partial charge in [-0.25, -0.2) is 18.7 Å². The lowest BCUT2D eigenvalue weighted by Crippen LogP contribution is -2.33. The largest absolute Gasteiger partial charge is 0.328 e. The Morgan fingerprint density at radius 3 is 2.93 bits per heavy atom. The van der Waals surface area contributed by atoms with Crippen molar-refractivity contribution in [2.45, 2.75) is 39.8 Å². The number of rotatable bonds is 8. The number of anilines is 3. The molecule has 1 aromatic carbocycles. The number of carbonyl (C=O) groups excluding carboxylic acids is 1. The van der Waals surface area contributed by atoms with Gasteiger partial charge in [-0.05, 0) is 62.0 Å². The molecule has 5 heterocycles. The summed E-state index contributed by atoms with van der Waals surface area (Å²) in [7, 11) is 0. The van der Waals surface area contributed by atoms with E-state index in [0.29, 0.717) is 17.4 Å². The summed E-state index contributed by atoms with van der Waals surface area (Å²) in [5.74, 6) is -0.564. The Kier molecular flexibility index (Phi) is 7.45. The van der Waals surface area contributed by atoms with Crippen molar-refractivity contribution < 1.29 is 13.6 Å². The Labute approximate surface area is 239 Å². The van der Waals surface area contributed by atoms with Crippen LogP contribution in [0.5, 0.6) is 0 Å². The minimum atomic E-state index is -0.716. The molecule has 4 aromatic heterocycles. The second-order valence-corrected chi connectivity index (χ2v) is 11.3. The second kappa shape index (κ2) is 11.3. The molecule has 0 bridgehead atoms. The molecule has 0 spiro atoms. The van der Waals surface area contributed by atoms with E-state index in [1.807, 2.05) is 17.5 Å². The van der Waals surface area contributed by atoms with Crippen molar-refractivity contribution >= 4 is 39.6 Å². The van der Waals surface area contributed by atoms with Crippen LogP contribution >= 0.6 is 11.5 Å². The maximum absolute atomic E-state index is 13.9. The Morgan fingerprint density at radius 2 is 2.07 bits per heavy atom. The monoisotopic (exact) mass is 577 g/mol. The third-order valence-electron chi connectivity index (χ3n) is 6.98. The lowest BCUT2D eigenvalue weighted by Gasteiger charge is -2.30. The number of hydrogen-bond acceptors (Lipinski definition) is 8. The number of halogens is 2. The molecule has 1 aliphatic rings. The summed E-state index contributed by atoms with van der Waals surface area (Å²) in [6, 6.07) is 4.96. The first-order valence-electron chi connectivity index (χ1n) is 13.4. The third kappa shape index (κ3) is 6.10. The molecule has 1 fully saturated rings. The molecule has 1 unspecified atom stereocenters. The quantitative estimate of drug-likeness (QED) is 0.260. The number of piperidine rings is 1. The van der Waals surface area contributed by atoms with Gasteiger partial charge in [-0.2, -0.15) is 9.47 Å². The van der Waals surface area contributed by atoms with E-state index in [9.17, 15) is 13.6 Å². The highest BCUT2D eigenvalue weighted by atomic mass is 32.1. The first kappa shape index (κ1) is 27.0. The van der Waals surface area contributed by atoms with E-state index in [-0.39, 0.29) is 12.2 Å². The molecule has 2 N–H and O–H groups in total. The molecule has 212 valence electrons.